The molecule has 1 amide bonds. The molecule has 6 heteroatoms. The van der Waals surface area contributed by atoms with Crippen LogP contribution in [0.4, 0.5) is 0 Å². The smallest absolute Gasteiger partial charge is 0.238 e. The highest BCUT2D eigenvalue weighted by Crippen LogP contribution is 2.23. The third kappa shape index (κ3) is 5.30. The molecule has 0 saturated carbocycles. The van der Waals surface area contributed by atoms with Crippen LogP contribution in [0.15, 0.2) is 24.3 Å². The molecule has 0 radical (unpaired) electrons. The number of carbonyl (C=O) groups is 1. The summed E-state index contributed by atoms with van der Waals surface area (Å²) in [6, 6.07) is 7.91. The van der Waals surface area contributed by atoms with Gasteiger partial charge in [0.2, 0.25) is 15.9 Å². The number of amides is 1. The predicted molar refractivity (Wildman–Crippen MR) is 106 cm³/mol. The Morgan fingerprint density at radius 3 is 2.46 bits per heavy atom. The quantitative estimate of drug-likeness (QED) is 0.791. The number of hydrogen-bond acceptors (Lipinski definition) is 3. The molecule has 1 atom stereocenters. The molecule has 1 saturated heterocycles. The van der Waals surface area contributed by atoms with Gasteiger partial charge in [0, 0.05) is 13.1 Å². The number of sulfonamides is 1. The summed E-state index contributed by atoms with van der Waals surface area (Å²) in [5, 5.41) is 2.92. The first-order valence-electron chi connectivity index (χ1n) is 9.52. The van der Waals surface area contributed by atoms with E-state index < -0.39 is 16.1 Å². The van der Waals surface area contributed by atoms with E-state index in [-0.39, 0.29) is 17.1 Å². The molecule has 1 N–H and O–H groups in total. The van der Waals surface area contributed by atoms with Crippen molar-refractivity contribution in [1.82, 2.24) is 9.62 Å². The number of benzene rings is 1. The molecule has 0 spiro atoms. The average Bonchev–Trinajstić information content (AvgIpc) is 3.05. The van der Waals surface area contributed by atoms with Gasteiger partial charge >= 0.3 is 0 Å². The number of rotatable bonds is 7. The fraction of sp³-hybridized carbons (Fsp3) is 0.650. The Hall–Kier alpha value is -1.40. The first kappa shape index (κ1) is 20.9. The van der Waals surface area contributed by atoms with Gasteiger partial charge in [-0.05, 0) is 42.2 Å². The van der Waals surface area contributed by atoms with Crippen LogP contribution < -0.4 is 5.32 Å². The molecular formula is C20H32N2O3S. The summed E-state index contributed by atoms with van der Waals surface area (Å²) in [7, 11) is -3.33. The lowest BCUT2D eigenvalue weighted by Crippen LogP contribution is -2.46. The van der Waals surface area contributed by atoms with Crippen molar-refractivity contribution in [2.24, 2.45) is 0 Å². The maximum absolute atomic E-state index is 12.5. The van der Waals surface area contributed by atoms with E-state index in [0.29, 0.717) is 25.9 Å². The van der Waals surface area contributed by atoms with Crippen LogP contribution in [0, 0.1) is 0 Å². The van der Waals surface area contributed by atoms with Crippen molar-refractivity contribution >= 4 is 15.9 Å². The maximum atomic E-state index is 12.5. The highest BCUT2D eigenvalue weighted by Gasteiger charge is 2.37. The molecule has 5 nitrogen and oxygen atoms in total. The number of hydrogen-bond donors (Lipinski definition) is 1. The molecule has 1 unspecified atom stereocenters. The minimum Gasteiger partial charge on any atom is -0.354 e. The number of nitrogens with one attached hydrogen (secondary N) is 1. The standard InChI is InChI=1S/C20H32N2O3S/c1-5-15-26(24,25)22-14-6-7-18(22)19(23)21-13-12-16-8-10-17(11-9-16)20(2,3)4/h8-11,18H,5-7,12-15H2,1-4H3,(H,21,23). The van der Waals surface area contributed by atoms with Gasteiger partial charge in [0.05, 0.1) is 5.75 Å². The lowest BCUT2D eigenvalue weighted by molar-refractivity contribution is -0.124. The summed E-state index contributed by atoms with van der Waals surface area (Å²) in [4.78, 5) is 12.5. The predicted octanol–water partition coefficient (Wildman–Crippen LogP) is 2.85. The van der Waals surface area contributed by atoms with Crippen molar-refractivity contribution in [3.8, 4) is 0 Å². The Bertz CT molecular complexity index is 706. The molecule has 1 aliphatic rings. The summed E-state index contributed by atoms with van der Waals surface area (Å²) in [6.45, 7) is 9.36. The Balaban J connectivity index is 1.88. The first-order valence-corrected chi connectivity index (χ1v) is 11.1. The monoisotopic (exact) mass is 380 g/mol. The maximum Gasteiger partial charge on any atom is 0.238 e. The van der Waals surface area contributed by atoms with Crippen LogP contribution in [-0.4, -0.2) is 43.5 Å². The molecule has 1 aromatic carbocycles. The highest BCUT2D eigenvalue weighted by molar-refractivity contribution is 7.89. The van der Waals surface area contributed by atoms with E-state index in [4.69, 9.17) is 0 Å². The van der Waals surface area contributed by atoms with Crippen LogP contribution in [0.1, 0.15) is 58.1 Å². The molecule has 146 valence electrons. The van der Waals surface area contributed by atoms with Crippen LogP contribution in [-0.2, 0) is 26.7 Å². The molecule has 1 aromatic rings. The molecule has 0 aromatic heterocycles. The fourth-order valence-electron chi connectivity index (χ4n) is 3.33. The van der Waals surface area contributed by atoms with Gasteiger partial charge in [0.1, 0.15) is 6.04 Å². The second-order valence-corrected chi connectivity index (χ2v) is 10.1. The van der Waals surface area contributed by atoms with Crippen molar-refractivity contribution in [1.29, 1.82) is 0 Å². The molecule has 1 fully saturated rings. The zero-order chi connectivity index (χ0) is 19.4. The van der Waals surface area contributed by atoms with Crippen molar-refractivity contribution < 1.29 is 13.2 Å². The summed E-state index contributed by atoms with van der Waals surface area (Å²) in [5.41, 5.74) is 2.58. The van der Waals surface area contributed by atoms with Gasteiger partial charge in [0.15, 0.2) is 0 Å². The van der Waals surface area contributed by atoms with E-state index in [1.807, 2.05) is 6.92 Å². The second kappa shape index (κ2) is 8.53. The molecule has 2 rings (SSSR count). The van der Waals surface area contributed by atoms with E-state index in [1.165, 1.54) is 15.4 Å². The summed E-state index contributed by atoms with van der Waals surface area (Å²) in [5.74, 6) is -0.0647. The topological polar surface area (TPSA) is 66.5 Å². The Labute approximate surface area is 158 Å². The Morgan fingerprint density at radius 1 is 1.23 bits per heavy atom. The zero-order valence-corrected chi connectivity index (χ0v) is 17.2. The average molecular weight is 381 g/mol. The minimum atomic E-state index is -3.33. The summed E-state index contributed by atoms with van der Waals surface area (Å²) < 4.78 is 26.0. The molecule has 26 heavy (non-hydrogen) atoms. The minimum absolute atomic E-state index is 0.108. The summed E-state index contributed by atoms with van der Waals surface area (Å²) >= 11 is 0. The fourth-order valence-corrected chi connectivity index (χ4v) is 5.08. The molecule has 1 heterocycles. The van der Waals surface area contributed by atoms with Crippen molar-refractivity contribution in [3.63, 3.8) is 0 Å². The lowest BCUT2D eigenvalue weighted by atomic mass is 9.86. The van der Waals surface area contributed by atoms with Gasteiger partial charge in [-0.15, -0.1) is 0 Å². The van der Waals surface area contributed by atoms with E-state index in [9.17, 15) is 13.2 Å². The molecule has 1 aliphatic heterocycles. The van der Waals surface area contributed by atoms with Gasteiger partial charge in [-0.3, -0.25) is 4.79 Å². The van der Waals surface area contributed by atoms with Crippen LogP contribution >= 0.6 is 0 Å². The van der Waals surface area contributed by atoms with E-state index in [1.54, 1.807) is 0 Å². The van der Waals surface area contributed by atoms with Crippen LogP contribution in [0.5, 0.6) is 0 Å². The van der Waals surface area contributed by atoms with E-state index in [2.05, 4.69) is 50.4 Å². The van der Waals surface area contributed by atoms with E-state index in [0.717, 1.165) is 12.8 Å². The normalized spacial score (nSPS) is 18.8. The van der Waals surface area contributed by atoms with Crippen molar-refractivity contribution in [3.05, 3.63) is 35.4 Å². The van der Waals surface area contributed by atoms with Crippen molar-refractivity contribution in [2.45, 2.75) is 64.8 Å². The SMILES string of the molecule is CCCS(=O)(=O)N1CCCC1C(=O)NCCc1ccc(C(C)(C)C)cc1. The van der Waals surface area contributed by atoms with Crippen molar-refractivity contribution in [2.75, 3.05) is 18.8 Å². The third-order valence-electron chi connectivity index (χ3n) is 4.86. The highest BCUT2D eigenvalue weighted by atomic mass is 32.2. The third-order valence-corrected chi connectivity index (χ3v) is 6.93. The second-order valence-electron chi connectivity index (χ2n) is 8.07. The van der Waals surface area contributed by atoms with Gasteiger partial charge in [-0.25, -0.2) is 8.42 Å². The van der Waals surface area contributed by atoms with Crippen LogP contribution in [0.3, 0.4) is 0 Å². The Morgan fingerprint density at radius 2 is 1.88 bits per heavy atom. The molecule has 0 bridgehead atoms. The molecule has 0 aliphatic carbocycles. The number of nitrogens with zero attached hydrogens (tertiary/aromatic N) is 1. The van der Waals surface area contributed by atoms with Gasteiger partial charge in [-0.2, -0.15) is 4.31 Å². The molecular weight excluding hydrogens is 348 g/mol. The lowest BCUT2D eigenvalue weighted by Gasteiger charge is -2.23. The Kier molecular flexibility index (Phi) is 6.86. The summed E-state index contributed by atoms with van der Waals surface area (Å²) in [6.07, 6.45) is 2.66. The zero-order valence-electron chi connectivity index (χ0n) is 16.4. The van der Waals surface area contributed by atoms with Gasteiger partial charge in [0.25, 0.3) is 0 Å². The largest absolute Gasteiger partial charge is 0.354 e. The first-order chi connectivity index (χ1) is 12.1. The number of carbonyl (C=O) groups excluding carboxylic acids is 1. The van der Waals surface area contributed by atoms with E-state index >= 15 is 0 Å². The van der Waals surface area contributed by atoms with Gasteiger partial charge in [-0.1, -0.05) is 52.0 Å². The van der Waals surface area contributed by atoms with Crippen LogP contribution in [0.25, 0.3) is 0 Å². The van der Waals surface area contributed by atoms with Gasteiger partial charge < -0.3 is 5.32 Å². The van der Waals surface area contributed by atoms with Crippen LogP contribution in [0.2, 0.25) is 0 Å².